The van der Waals surface area contributed by atoms with Crippen molar-refractivity contribution >= 4 is 44.9 Å². The van der Waals surface area contributed by atoms with E-state index in [1.807, 2.05) is 31.2 Å². The first kappa shape index (κ1) is 16.0. The maximum atomic E-state index is 12.2. The topological polar surface area (TPSA) is 54.9 Å². The first-order chi connectivity index (χ1) is 11.0. The van der Waals surface area contributed by atoms with Crippen molar-refractivity contribution in [3.05, 3.63) is 46.6 Å². The summed E-state index contributed by atoms with van der Waals surface area (Å²) in [4.78, 5) is 23.0. The lowest BCUT2D eigenvalue weighted by molar-refractivity contribution is -0.113. The van der Waals surface area contributed by atoms with Gasteiger partial charge in [0.25, 0.3) is 0 Å². The van der Waals surface area contributed by atoms with Crippen LogP contribution in [0.1, 0.15) is 16.0 Å². The van der Waals surface area contributed by atoms with Crippen molar-refractivity contribution in [2.24, 2.45) is 0 Å². The Labute approximate surface area is 143 Å². The average Bonchev–Trinajstić information content (AvgIpc) is 2.81. The summed E-state index contributed by atoms with van der Waals surface area (Å²) in [6.45, 7) is 6.17. The molecule has 0 saturated carbocycles. The van der Waals surface area contributed by atoms with Gasteiger partial charge in [-0.2, -0.15) is 0 Å². The monoisotopic (exact) mass is 343 g/mol. The van der Waals surface area contributed by atoms with Crippen molar-refractivity contribution in [1.82, 2.24) is 9.97 Å². The highest BCUT2D eigenvalue weighted by molar-refractivity contribution is 8.00. The molecule has 4 nitrogen and oxygen atoms in total. The maximum Gasteiger partial charge on any atom is 0.234 e. The van der Waals surface area contributed by atoms with Crippen LogP contribution < -0.4 is 5.32 Å². The van der Waals surface area contributed by atoms with Crippen LogP contribution in [0.3, 0.4) is 0 Å². The van der Waals surface area contributed by atoms with Crippen LogP contribution in [0.4, 0.5) is 5.69 Å². The van der Waals surface area contributed by atoms with Gasteiger partial charge in [-0.3, -0.25) is 4.79 Å². The van der Waals surface area contributed by atoms with Crippen LogP contribution in [0.25, 0.3) is 10.2 Å². The molecule has 0 aliphatic rings. The van der Waals surface area contributed by atoms with Crippen molar-refractivity contribution in [3.8, 4) is 0 Å². The standard InChI is InChI=1S/C17H17N3OS2/c1-10-5-4-6-13(7-10)20-14(21)8-22-16-15-11(2)12(3)23-17(15)19-9-18-16/h4-7,9H,8H2,1-3H3,(H,20,21). The Kier molecular flexibility index (Phi) is 4.63. The minimum absolute atomic E-state index is 0.0306. The molecule has 2 heterocycles. The summed E-state index contributed by atoms with van der Waals surface area (Å²) < 4.78 is 0. The first-order valence-electron chi connectivity index (χ1n) is 7.24. The van der Waals surface area contributed by atoms with Gasteiger partial charge in [-0.05, 0) is 44.0 Å². The highest BCUT2D eigenvalue weighted by atomic mass is 32.2. The number of carbonyl (C=O) groups excluding carboxylic acids is 1. The van der Waals surface area contributed by atoms with Gasteiger partial charge >= 0.3 is 0 Å². The number of rotatable bonds is 4. The van der Waals surface area contributed by atoms with Gasteiger partial charge in [0.05, 0.1) is 5.75 Å². The van der Waals surface area contributed by atoms with Crippen molar-refractivity contribution in [2.45, 2.75) is 25.8 Å². The lowest BCUT2D eigenvalue weighted by Crippen LogP contribution is -2.14. The maximum absolute atomic E-state index is 12.2. The largest absolute Gasteiger partial charge is 0.325 e. The summed E-state index contributed by atoms with van der Waals surface area (Å²) in [7, 11) is 0. The zero-order valence-electron chi connectivity index (χ0n) is 13.2. The number of aromatic nitrogens is 2. The second-order valence-corrected chi connectivity index (χ2v) is 7.52. The number of thiophene rings is 1. The van der Waals surface area contributed by atoms with Gasteiger partial charge in [0.15, 0.2) is 0 Å². The van der Waals surface area contributed by atoms with Gasteiger partial charge in [-0.25, -0.2) is 9.97 Å². The summed E-state index contributed by atoms with van der Waals surface area (Å²) in [6, 6.07) is 7.79. The molecule has 0 bridgehead atoms. The van der Waals surface area contributed by atoms with Gasteiger partial charge in [0.1, 0.15) is 16.2 Å². The van der Waals surface area contributed by atoms with Crippen LogP contribution in [-0.2, 0) is 4.79 Å². The van der Waals surface area contributed by atoms with Crippen LogP contribution in [0.5, 0.6) is 0 Å². The molecule has 23 heavy (non-hydrogen) atoms. The molecule has 3 rings (SSSR count). The van der Waals surface area contributed by atoms with Crippen molar-refractivity contribution in [1.29, 1.82) is 0 Å². The summed E-state index contributed by atoms with van der Waals surface area (Å²) >= 11 is 3.12. The predicted molar refractivity (Wildman–Crippen MR) is 97.4 cm³/mol. The normalized spacial score (nSPS) is 10.9. The first-order valence-corrected chi connectivity index (χ1v) is 9.05. The Balaban J connectivity index is 1.72. The number of anilines is 1. The van der Waals surface area contributed by atoms with Crippen molar-refractivity contribution in [3.63, 3.8) is 0 Å². The molecule has 6 heteroatoms. The van der Waals surface area contributed by atoms with Gasteiger partial charge in [0, 0.05) is 16.0 Å². The van der Waals surface area contributed by atoms with E-state index in [1.165, 1.54) is 22.2 Å². The van der Waals surface area contributed by atoms with E-state index >= 15 is 0 Å². The zero-order valence-corrected chi connectivity index (χ0v) is 14.8. The Morgan fingerprint density at radius 2 is 2.09 bits per heavy atom. The van der Waals surface area contributed by atoms with E-state index in [0.717, 1.165) is 26.5 Å². The van der Waals surface area contributed by atoms with Gasteiger partial charge < -0.3 is 5.32 Å². The molecular weight excluding hydrogens is 326 g/mol. The molecular formula is C17H17N3OS2. The molecule has 0 radical (unpaired) electrons. The SMILES string of the molecule is Cc1cccc(NC(=O)CSc2ncnc3sc(C)c(C)c23)c1. The smallest absolute Gasteiger partial charge is 0.234 e. The van der Waals surface area contributed by atoms with E-state index in [9.17, 15) is 4.79 Å². The Morgan fingerprint density at radius 3 is 2.87 bits per heavy atom. The molecule has 0 unspecified atom stereocenters. The van der Waals surface area contributed by atoms with E-state index in [4.69, 9.17) is 0 Å². The number of nitrogens with one attached hydrogen (secondary N) is 1. The Bertz CT molecular complexity index is 873. The van der Waals surface area contributed by atoms with E-state index in [1.54, 1.807) is 17.7 Å². The summed E-state index contributed by atoms with van der Waals surface area (Å²) in [5, 5.41) is 4.86. The molecule has 0 saturated heterocycles. The number of benzene rings is 1. The molecule has 0 fully saturated rings. The third kappa shape index (κ3) is 3.54. The number of aryl methyl sites for hydroxylation is 3. The third-order valence-corrected chi connectivity index (χ3v) is 5.68. The zero-order chi connectivity index (χ0) is 16.4. The summed E-state index contributed by atoms with van der Waals surface area (Å²) in [6.07, 6.45) is 1.57. The fourth-order valence-corrected chi connectivity index (χ4v) is 4.23. The lowest BCUT2D eigenvalue weighted by Gasteiger charge is -2.06. The number of thioether (sulfide) groups is 1. The molecule has 0 aliphatic heterocycles. The average molecular weight is 343 g/mol. The van der Waals surface area contributed by atoms with E-state index in [-0.39, 0.29) is 5.91 Å². The summed E-state index contributed by atoms with van der Waals surface area (Å²) in [5.41, 5.74) is 3.15. The Morgan fingerprint density at radius 1 is 1.26 bits per heavy atom. The van der Waals surface area contributed by atoms with E-state index in [2.05, 4.69) is 29.1 Å². The molecule has 1 aromatic carbocycles. The Hall–Kier alpha value is -1.92. The van der Waals surface area contributed by atoms with Gasteiger partial charge in [-0.15, -0.1) is 11.3 Å². The van der Waals surface area contributed by atoms with E-state index < -0.39 is 0 Å². The van der Waals surface area contributed by atoms with Crippen LogP contribution >= 0.6 is 23.1 Å². The third-order valence-electron chi connectivity index (χ3n) is 3.57. The molecule has 0 aliphatic carbocycles. The number of nitrogens with zero attached hydrogens (tertiary/aromatic N) is 2. The van der Waals surface area contributed by atoms with E-state index in [0.29, 0.717) is 5.75 Å². The number of amides is 1. The fraction of sp³-hybridized carbons (Fsp3) is 0.235. The van der Waals surface area contributed by atoms with Gasteiger partial charge in [-0.1, -0.05) is 23.9 Å². The molecule has 1 amide bonds. The number of hydrogen-bond donors (Lipinski definition) is 1. The van der Waals surface area contributed by atoms with Gasteiger partial charge in [0.2, 0.25) is 5.91 Å². The van der Waals surface area contributed by atoms with Crippen molar-refractivity contribution in [2.75, 3.05) is 11.1 Å². The lowest BCUT2D eigenvalue weighted by atomic mass is 10.2. The highest BCUT2D eigenvalue weighted by Gasteiger charge is 2.13. The second-order valence-electron chi connectivity index (χ2n) is 5.35. The fourth-order valence-electron chi connectivity index (χ4n) is 2.31. The molecule has 1 N–H and O–H groups in total. The van der Waals surface area contributed by atoms with Crippen LogP contribution in [0, 0.1) is 20.8 Å². The van der Waals surface area contributed by atoms with Crippen LogP contribution in [0.2, 0.25) is 0 Å². The second kappa shape index (κ2) is 6.68. The molecule has 0 atom stereocenters. The highest BCUT2D eigenvalue weighted by Crippen LogP contribution is 2.34. The molecule has 118 valence electrons. The number of hydrogen-bond acceptors (Lipinski definition) is 5. The minimum atomic E-state index is -0.0306. The van der Waals surface area contributed by atoms with Crippen LogP contribution in [-0.4, -0.2) is 21.6 Å². The van der Waals surface area contributed by atoms with Crippen molar-refractivity contribution < 1.29 is 4.79 Å². The summed E-state index contributed by atoms with van der Waals surface area (Å²) in [5.74, 6) is 0.297. The molecule has 2 aromatic heterocycles. The molecule has 0 spiro atoms. The van der Waals surface area contributed by atoms with Crippen LogP contribution in [0.15, 0.2) is 35.6 Å². The minimum Gasteiger partial charge on any atom is -0.325 e. The quantitative estimate of drug-likeness (QED) is 0.565. The number of carbonyl (C=O) groups is 1. The predicted octanol–water partition coefficient (Wildman–Crippen LogP) is 4.35. The molecule has 3 aromatic rings. The number of fused-ring (bicyclic) bond motifs is 1.